The molecule has 1 aromatic heterocycles. The van der Waals surface area contributed by atoms with Crippen molar-refractivity contribution in [3.63, 3.8) is 0 Å². The zero-order chi connectivity index (χ0) is 33.4. The minimum atomic E-state index is -4.58. The Morgan fingerprint density at radius 2 is 1.85 bits per heavy atom. The molecular formula is C31H33N3O6S. The van der Waals surface area contributed by atoms with E-state index in [0.717, 1.165) is 37.8 Å². The Bertz CT molecular complexity index is 1920. The van der Waals surface area contributed by atoms with E-state index in [2.05, 4.69) is 5.32 Å². The molecule has 2 amide bonds. The van der Waals surface area contributed by atoms with Gasteiger partial charge in [-0.2, -0.15) is 0 Å². The van der Waals surface area contributed by atoms with E-state index in [1.165, 1.54) is 37.4 Å². The first kappa shape index (κ1) is 22.4. The summed E-state index contributed by atoms with van der Waals surface area (Å²) in [6, 6.07) is 13.9. The van der Waals surface area contributed by atoms with E-state index in [0.29, 0.717) is 16.6 Å². The maximum absolute atomic E-state index is 13.1. The molecule has 2 N–H and O–H groups in total. The molecule has 4 aromatic rings. The van der Waals surface area contributed by atoms with E-state index in [1.807, 2.05) is 4.72 Å². The van der Waals surface area contributed by atoms with Gasteiger partial charge in [0, 0.05) is 48.6 Å². The van der Waals surface area contributed by atoms with Crippen molar-refractivity contribution in [3.05, 3.63) is 89.1 Å². The number of aromatic nitrogens is 1. The highest BCUT2D eigenvalue weighted by atomic mass is 32.2. The molecule has 214 valence electrons. The number of sulfonamides is 1. The number of hydrogen-bond donors (Lipinski definition) is 2. The predicted octanol–water partition coefficient (Wildman–Crippen LogP) is 5.70. The SMILES string of the molecule is [2H]C([2H])([2H])c1ccccc1S(=O)(=O)NC(=O)c1ccc(C([2H])([2H])c2cn(C)c3ccc(NC(=O)OC4CCCC4)cc23)c(OC)c1. The molecule has 5 rings (SSSR count). The molecule has 0 atom stereocenters. The first-order chi connectivity index (χ1) is 21.6. The quantitative estimate of drug-likeness (QED) is 0.276. The number of nitrogens with one attached hydrogen (secondary N) is 2. The van der Waals surface area contributed by atoms with E-state index in [4.69, 9.17) is 16.3 Å². The standard InChI is InChI=1S/C31H33N3O6S/c1-20-8-4-7-11-29(20)41(37,38)33-30(35)22-13-12-21(28(17-22)39-3)16-23-19-34(2)27-15-14-24(18-26(23)27)32-31(36)40-25-9-5-6-10-25/h4,7-8,11-15,17-19,25H,5-6,9-10,16H2,1-3H3,(H,32,36)(H,33,35)/i1D3,16D2. The Labute approximate surface area is 246 Å². The highest BCUT2D eigenvalue weighted by molar-refractivity contribution is 7.90. The van der Waals surface area contributed by atoms with Crippen LogP contribution in [0.2, 0.25) is 0 Å². The van der Waals surface area contributed by atoms with Crippen LogP contribution in [0, 0.1) is 6.85 Å². The van der Waals surface area contributed by atoms with Crippen molar-refractivity contribution in [1.29, 1.82) is 0 Å². The molecule has 0 spiro atoms. The number of carbonyl (C=O) groups excluding carboxylic acids is 2. The summed E-state index contributed by atoms with van der Waals surface area (Å²) in [6.45, 7) is -2.73. The summed E-state index contributed by atoms with van der Waals surface area (Å²) in [5, 5.41) is 3.25. The van der Waals surface area contributed by atoms with Crippen LogP contribution < -0.4 is 14.8 Å². The number of amides is 2. The van der Waals surface area contributed by atoms with Gasteiger partial charge in [-0.15, -0.1) is 0 Å². The Morgan fingerprint density at radius 1 is 1.07 bits per heavy atom. The maximum atomic E-state index is 13.1. The number of nitrogens with zero attached hydrogens (tertiary/aromatic N) is 1. The van der Waals surface area contributed by atoms with Gasteiger partial charge in [-0.1, -0.05) is 24.3 Å². The lowest BCUT2D eigenvalue weighted by molar-refractivity contribution is 0.0980. The van der Waals surface area contributed by atoms with E-state index in [9.17, 15) is 18.0 Å². The summed E-state index contributed by atoms with van der Waals surface area (Å²) in [7, 11) is -1.52. The lowest BCUT2D eigenvalue weighted by atomic mass is 10.0. The van der Waals surface area contributed by atoms with E-state index in [1.54, 1.807) is 36.0 Å². The molecule has 41 heavy (non-hydrogen) atoms. The third-order valence-electron chi connectivity index (χ3n) is 6.95. The molecule has 10 heteroatoms. The van der Waals surface area contributed by atoms with Crippen LogP contribution in [0.25, 0.3) is 10.9 Å². The molecule has 9 nitrogen and oxygen atoms in total. The summed E-state index contributed by atoms with van der Waals surface area (Å²) >= 11 is 0. The molecule has 3 aromatic carbocycles. The first-order valence-corrected chi connectivity index (χ1v) is 14.5. The van der Waals surface area contributed by atoms with Crippen LogP contribution in [-0.4, -0.2) is 38.2 Å². The Morgan fingerprint density at radius 3 is 2.61 bits per heavy atom. The van der Waals surface area contributed by atoms with Crippen LogP contribution in [0.3, 0.4) is 0 Å². The van der Waals surface area contributed by atoms with Gasteiger partial charge in [0.2, 0.25) is 0 Å². The molecule has 0 bridgehead atoms. The summed E-state index contributed by atoms with van der Waals surface area (Å²) in [6.07, 6.45) is 2.44. The van der Waals surface area contributed by atoms with Gasteiger partial charge in [-0.3, -0.25) is 10.1 Å². The summed E-state index contributed by atoms with van der Waals surface area (Å²) in [4.78, 5) is 25.0. The average Bonchev–Trinajstić information content (AvgIpc) is 3.63. The monoisotopic (exact) mass is 580 g/mol. The molecule has 1 heterocycles. The van der Waals surface area contributed by atoms with Crippen molar-refractivity contribution < 1.29 is 34.3 Å². The largest absolute Gasteiger partial charge is 0.496 e. The number of carbonyl (C=O) groups is 2. The molecule has 0 radical (unpaired) electrons. The fraction of sp³-hybridized carbons (Fsp3) is 0.290. The first-order valence-electron chi connectivity index (χ1n) is 15.5. The molecule has 1 fully saturated rings. The molecule has 1 aliphatic rings. The van der Waals surface area contributed by atoms with Crippen molar-refractivity contribution in [1.82, 2.24) is 9.29 Å². The zero-order valence-corrected chi connectivity index (χ0v) is 23.4. The van der Waals surface area contributed by atoms with Gasteiger partial charge in [-0.25, -0.2) is 17.9 Å². The number of hydrogen-bond acceptors (Lipinski definition) is 6. The molecule has 1 aliphatic carbocycles. The number of rotatable bonds is 8. The van der Waals surface area contributed by atoms with Gasteiger partial charge in [0.1, 0.15) is 11.9 Å². The number of aryl methyl sites for hydroxylation is 2. The summed E-state index contributed by atoms with van der Waals surface area (Å²) in [5.41, 5.74) is 0.864. The highest BCUT2D eigenvalue weighted by Crippen LogP contribution is 2.30. The van der Waals surface area contributed by atoms with Crippen LogP contribution in [0.4, 0.5) is 10.5 Å². The second kappa shape index (κ2) is 11.7. The van der Waals surface area contributed by atoms with Gasteiger partial charge in [0.15, 0.2) is 0 Å². The molecule has 1 saturated carbocycles. The van der Waals surface area contributed by atoms with Crippen LogP contribution in [0.1, 0.15) is 59.6 Å². The number of fused-ring (bicyclic) bond motifs is 1. The normalized spacial score (nSPS) is 16.2. The van der Waals surface area contributed by atoms with Gasteiger partial charge in [0.05, 0.1) is 12.0 Å². The third-order valence-corrected chi connectivity index (χ3v) is 8.34. The van der Waals surface area contributed by atoms with Crippen LogP contribution in [0.5, 0.6) is 5.75 Å². The van der Waals surface area contributed by atoms with Crippen molar-refractivity contribution >= 4 is 38.6 Å². The number of methoxy groups -OCH3 is 1. The molecular weight excluding hydrogens is 542 g/mol. The Balaban J connectivity index is 1.43. The van der Waals surface area contributed by atoms with E-state index in [-0.39, 0.29) is 28.5 Å². The van der Waals surface area contributed by atoms with Crippen molar-refractivity contribution in [3.8, 4) is 5.75 Å². The number of anilines is 1. The van der Waals surface area contributed by atoms with Gasteiger partial charge >= 0.3 is 6.09 Å². The minimum absolute atomic E-state index is 0.0237. The average molecular weight is 581 g/mol. The molecule has 0 unspecified atom stereocenters. The van der Waals surface area contributed by atoms with Crippen molar-refractivity contribution in [2.24, 2.45) is 7.05 Å². The second-order valence-electron chi connectivity index (χ2n) is 9.79. The predicted molar refractivity (Wildman–Crippen MR) is 157 cm³/mol. The third kappa shape index (κ3) is 6.22. The number of ether oxygens (including phenoxy) is 2. The van der Waals surface area contributed by atoms with Crippen molar-refractivity contribution in [2.75, 3.05) is 12.4 Å². The smallest absolute Gasteiger partial charge is 0.411 e. The molecule has 0 aliphatic heterocycles. The molecule has 0 saturated heterocycles. The maximum Gasteiger partial charge on any atom is 0.411 e. The highest BCUT2D eigenvalue weighted by Gasteiger charge is 2.22. The summed E-state index contributed by atoms with van der Waals surface area (Å²) in [5.74, 6) is -1.08. The summed E-state index contributed by atoms with van der Waals surface area (Å²) < 4.78 is 81.9. The van der Waals surface area contributed by atoms with Crippen LogP contribution in [-0.2, 0) is 28.2 Å². The topological polar surface area (TPSA) is 116 Å². The minimum Gasteiger partial charge on any atom is -0.496 e. The van der Waals surface area contributed by atoms with E-state index < -0.39 is 45.7 Å². The van der Waals surface area contributed by atoms with E-state index >= 15 is 0 Å². The van der Waals surface area contributed by atoms with Gasteiger partial charge in [0.25, 0.3) is 15.9 Å². The fourth-order valence-electron chi connectivity index (χ4n) is 4.89. The Hall–Kier alpha value is -4.31. The lowest BCUT2D eigenvalue weighted by Crippen LogP contribution is -2.31. The van der Waals surface area contributed by atoms with Crippen molar-refractivity contribution in [2.45, 2.75) is 49.9 Å². The van der Waals surface area contributed by atoms with Gasteiger partial charge in [-0.05, 0) is 85.6 Å². The Kier molecular flexibility index (Phi) is 6.37. The lowest BCUT2D eigenvalue weighted by Gasteiger charge is -2.13. The van der Waals surface area contributed by atoms with Gasteiger partial charge < -0.3 is 14.0 Å². The van der Waals surface area contributed by atoms with Crippen LogP contribution in [0.15, 0.2) is 71.8 Å². The fourth-order valence-corrected chi connectivity index (χ4v) is 5.98. The zero-order valence-electron chi connectivity index (χ0n) is 27.6. The number of benzene rings is 3. The van der Waals surface area contributed by atoms with Crippen LogP contribution >= 0.6 is 0 Å². The second-order valence-corrected chi connectivity index (χ2v) is 11.4.